The van der Waals surface area contributed by atoms with Crippen LogP contribution in [0.15, 0.2) is 58.7 Å². The molecule has 0 spiro atoms. The van der Waals surface area contributed by atoms with Crippen LogP contribution in [0.4, 0.5) is 5.69 Å². The first-order valence-electron chi connectivity index (χ1n) is 6.38. The number of nitrogens with zero attached hydrogens (tertiary/aromatic N) is 5. The molecular weight excluding hydrogens is 282 g/mol. The first kappa shape index (κ1) is 13.5. The minimum atomic E-state index is -0.474. The van der Waals surface area contributed by atoms with Crippen LogP contribution < -0.4 is 0 Å². The predicted octanol–water partition coefficient (Wildman–Crippen LogP) is 3.26. The van der Waals surface area contributed by atoms with Crippen LogP contribution in [0.3, 0.4) is 0 Å². The summed E-state index contributed by atoms with van der Waals surface area (Å²) in [6, 6.07) is 13.3. The zero-order valence-corrected chi connectivity index (χ0v) is 11.2. The molecule has 0 saturated carbocycles. The monoisotopic (exact) mass is 291 g/mol. The molecule has 0 bridgehead atoms. The first-order chi connectivity index (χ1) is 10.7. The number of benzene rings is 2. The van der Waals surface area contributed by atoms with Gasteiger partial charge in [0.2, 0.25) is 0 Å². The molecule has 0 N–H and O–H groups in total. The fourth-order valence-electron chi connectivity index (χ4n) is 2.14. The molecule has 0 aromatic heterocycles. The lowest BCUT2D eigenvalue weighted by molar-refractivity contribution is 0.0660. The first-order valence-corrected chi connectivity index (χ1v) is 6.38. The van der Waals surface area contributed by atoms with Gasteiger partial charge in [-0.25, -0.2) is 0 Å². The quantitative estimate of drug-likeness (QED) is 0.285. The normalized spacial score (nSPS) is 13.4. The Balaban J connectivity index is 1.94. The Labute approximate surface area is 125 Å². The fourth-order valence-corrected chi connectivity index (χ4v) is 2.14. The van der Waals surface area contributed by atoms with Crippen LogP contribution in [-0.4, -0.2) is 23.0 Å². The number of fused-ring (bicyclic) bond motifs is 1. The van der Waals surface area contributed by atoms with Gasteiger partial charge in [0.25, 0.3) is 11.8 Å². The molecular formula is C15H9N5O2. The summed E-state index contributed by atoms with van der Waals surface area (Å²) in [5.74, 6) is -0.948. The average Bonchev–Trinajstić information content (AvgIpc) is 2.79. The van der Waals surface area contributed by atoms with E-state index in [2.05, 4.69) is 15.1 Å². The second-order valence-corrected chi connectivity index (χ2v) is 4.46. The van der Waals surface area contributed by atoms with Gasteiger partial charge in [0.05, 0.1) is 17.3 Å². The zero-order chi connectivity index (χ0) is 15.5. The van der Waals surface area contributed by atoms with Gasteiger partial charge in [0.1, 0.15) is 0 Å². The Morgan fingerprint density at radius 1 is 0.955 bits per heavy atom. The standard InChI is InChI=1S/C15H9N5O2/c16-19-18-13-8-4-1-5-10(13)9-17-20-14(21)11-6-2-3-7-12(11)15(20)22/h1-9H. The third-order valence-corrected chi connectivity index (χ3v) is 3.17. The number of carbonyl (C=O) groups is 2. The van der Waals surface area contributed by atoms with Gasteiger partial charge in [-0.05, 0) is 17.7 Å². The van der Waals surface area contributed by atoms with Crippen LogP contribution >= 0.6 is 0 Å². The second kappa shape index (κ2) is 5.51. The lowest BCUT2D eigenvalue weighted by Crippen LogP contribution is -2.23. The molecule has 1 aliphatic rings. The van der Waals surface area contributed by atoms with Gasteiger partial charge < -0.3 is 0 Å². The highest BCUT2D eigenvalue weighted by Gasteiger charge is 2.35. The van der Waals surface area contributed by atoms with Gasteiger partial charge in [-0.15, -0.1) is 0 Å². The molecule has 0 saturated heterocycles. The Bertz CT molecular complexity index is 818. The largest absolute Gasteiger partial charge is 0.282 e. The lowest BCUT2D eigenvalue weighted by atomic mass is 10.1. The topological polar surface area (TPSA) is 98.5 Å². The molecule has 2 aromatic rings. The summed E-state index contributed by atoms with van der Waals surface area (Å²) in [6.07, 6.45) is 1.33. The minimum absolute atomic E-state index is 0.327. The molecule has 2 amide bonds. The maximum Gasteiger partial charge on any atom is 0.282 e. The highest BCUT2D eigenvalue weighted by molar-refractivity contribution is 6.21. The molecule has 1 heterocycles. The molecule has 1 aliphatic heterocycles. The minimum Gasteiger partial charge on any atom is -0.267 e. The fraction of sp³-hybridized carbons (Fsp3) is 0. The van der Waals surface area contributed by atoms with E-state index in [0.29, 0.717) is 22.4 Å². The van der Waals surface area contributed by atoms with Crippen molar-refractivity contribution < 1.29 is 9.59 Å². The second-order valence-electron chi connectivity index (χ2n) is 4.46. The Kier molecular flexibility index (Phi) is 3.39. The van der Waals surface area contributed by atoms with E-state index in [1.807, 2.05) is 0 Å². The number of amides is 2. The number of hydrogen-bond acceptors (Lipinski definition) is 4. The van der Waals surface area contributed by atoms with Crippen molar-refractivity contribution in [3.63, 3.8) is 0 Å². The molecule has 0 atom stereocenters. The van der Waals surface area contributed by atoms with Crippen LogP contribution in [-0.2, 0) is 0 Å². The van der Waals surface area contributed by atoms with E-state index >= 15 is 0 Å². The summed E-state index contributed by atoms with van der Waals surface area (Å²) in [5, 5.41) is 8.27. The summed E-state index contributed by atoms with van der Waals surface area (Å²) >= 11 is 0. The Hall–Kier alpha value is -3.44. The van der Waals surface area contributed by atoms with E-state index in [1.54, 1.807) is 48.5 Å². The summed E-state index contributed by atoms with van der Waals surface area (Å²) in [5.41, 5.74) is 10.1. The average molecular weight is 291 g/mol. The number of azide groups is 1. The van der Waals surface area contributed by atoms with Crippen molar-refractivity contribution in [1.82, 2.24) is 5.01 Å². The van der Waals surface area contributed by atoms with E-state index in [9.17, 15) is 9.59 Å². The van der Waals surface area contributed by atoms with Crippen molar-refractivity contribution in [2.45, 2.75) is 0 Å². The van der Waals surface area contributed by atoms with Crippen LogP contribution in [0.2, 0.25) is 0 Å². The maximum atomic E-state index is 12.1. The summed E-state index contributed by atoms with van der Waals surface area (Å²) < 4.78 is 0. The highest BCUT2D eigenvalue weighted by Crippen LogP contribution is 2.23. The number of imide groups is 1. The number of hydrazone groups is 1. The third-order valence-electron chi connectivity index (χ3n) is 3.17. The van der Waals surface area contributed by atoms with Gasteiger partial charge >= 0.3 is 0 Å². The summed E-state index contributed by atoms with van der Waals surface area (Å²) in [4.78, 5) is 27.0. The Morgan fingerprint density at radius 3 is 2.18 bits per heavy atom. The van der Waals surface area contributed by atoms with Crippen molar-refractivity contribution in [3.8, 4) is 0 Å². The van der Waals surface area contributed by atoms with Crippen LogP contribution in [0.25, 0.3) is 10.4 Å². The van der Waals surface area contributed by atoms with E-state index in [4.69, 9.17) is 5.53 Å². The van der Waals surface area contributed by atoms with Crippen molar-refractivity contribution in [2.24, 2.45) is 10.2 Å². The SMILES string of the molecule is [N-]=[N+]=Nc1ccccc1C=NN1C(=O)c2ccccc2C1=O. The third kappa shape index (κ3) is 2.21. The molecule has 0 radical (unpaired) electrons. The van der Waals surface area contributed by atoms with Crippen molar-refractivity contribution in [2.75, 3.05) is 0 Å². The Morgan fingerprint density at radius 2 is 1.55 bits per heavy atom. The molecule has 0 aliphatic carbocycles. The van der Waals surface area contributed by atoms with E-state index in [1.165, 1.54) is 6.21 Å². The summed E-state index contributed by atoms with van der Waals surface area (Å²) in [6.45, 7) is 0. The highest BCUT2D eigenvalue weighted by atomic mass is 16.2. The molecule has 22 heavy (non-hydrogen) atoms. The molecule has 0 unspecified atom stereocenters. The number of rotatable bonds is 3. The van der Waals surface area contributed by atoms with Gasteiger partial charge in [-0.3, -0.25) is 9.59 Å². The number of hydrogen-bond donors (Lipinski definition) is 0. The van der Waals surface area contributed by atoms with Crippen LogP contribution in [0, 0.1) is 0 Å². The van der Waals surface area contributed by atoms with Crippen LogP contribution in [0.1, 0.15) is 26.3 Å². The van der Waals surface area contributed by atoms with Gasteiger partial charge in [0.15, 0.2) is 0 Å². The van der Waals surface area contributed by atoms with E-state index < -0.39 is 11.8 Å². The van der Waals surface area contributed by atoms with Crippen molar-refractivity contribution in [3.05, 3.63) is 75.7 Å². The number of carbonyl (C=O) groups excluding carboxylic acids is 2. The predicted molar refractivity (Wildman–Crippen MR) is 79.8 cm³/mol. The van der Waals surface area contributed by atoms with Crippen molar-refractivity contribution >= 4 is 23.7 Å². The van der Waals surface area contributed by atoms with Crippen LogP contribution in [0.5, 0.6) is 0 Å². The zero-order valence-electron chi connectivity index (χ0n) is 11.2. The van der Waals surface area contributed by atoms with Gasteiger partial charge in [-0.1, -0.05) is 41.5 Å². The van der Waals surface area contributed by atoms with Gasteiger partial charge in [-0.2, -0.15) is 10.1 Å². The maximum absolute atomic E-state index is 12.1. The molecule has 106 valence electrons. The van der Waals surface area contributed by atoms with E-state index in [0.717, 1.165) is 5.01 Å². The smallest absolute Gasteiger partial charge is 0.267 e. The lowest BCUT2D eigenvalue weighted by Gasteiger charge is -2.06. The molecule has 7 heteroatoms. The molecule has 3 rings (SSSR count). The van der Waals surface area contributed by atoms with Crippen molar-refractivity contribution in [1.29, 1.82) is 0 Å². The molecule has 2 aromatic carbocycles. The van der Waals surface area contributed by atoms with E-state index in [-0.39, 0.29) is 0 Å². The summed E-state index contributed by atoms with van der Waals surface area (Å²) in [7, 11) is 0. The van der Waals surface area contributed by atoms with Gasteiger partial charge in [0, 0.05) is 16.2 Å². The molecule has 0 fully saturated rings. The molecule has 7 nitrogen and oxygen atoms in total.